The largest absolute Gasteiger partial charge is 0.326 e. The molecule has 2 aliphatic carbocycles. The van der Waals surface area contributed by atoms with Crippen molar-refractivity contribution < 1.29 is 19.2 Å². The number of fused-ring (bicyclic) bond motifs is 8. The molecule has 2 saturated heterocycles. The second-order valence-electron chi connectivity index (χ2n) is 17.6. The van der Waals surface area contributed by atoms with E-state index in [1.165, 1.54) is 28.1 Å². The third-order valence-electron chi connectivity index (χ3n) is 14.4. The van der Waals surface area contributed by atoms with Crippen LogP contribution in [-0.2, 0) is 26.3 Å². The van der Waals surface area contributed by atoms with Gasteiger partial charge in [-0.3, -0.25) is 33.9 Å². The average Bonchev–Trinajstić information content (AvgIpc) is 3.70. The van der Waals surface area contributed by atoms with Crippen LogP contribution in [0.3, 0.4) is 0 Å². The van der Waals surface area contributed by atoms with Crippen molar-refractivity contribution in [1.29, 1.82) is 0 Å². The first-order valence-electron chi connectivity index (χ1n) is 21.3. The number of hydrogen-bond donors (Lipinski definition) is 2. The number of aromatic nitrogens is 2. The van der Waals surface area contributed by atoms with E-state index in [-0.39, 0.29) is 47.6 Å². The van der Waals surface area contributed by atoms with E-state index >= 15 is 0 Å². The topological polar surface area (TPSA) is 134 Å². The molecule has 4 fully saturated rings. The number of imide groups is 1. The van der Waals surface area contributed by atoms with Crippen molar-refractivity contribution in [2.75, 3.05) is 25.0 Å². The number of anilines is 1. The van der Waals surface area contributed by atoms with Crippen LogP contribution in [0, 0.1) is 11.8 Å². The molecule has 4 aromatic rings. The fraction of sp³-hybridized carbons (Fsp3) is 0.478. The lowest BCUT2D eigenvalue weighted by Crippen LogP contribution is -2.52. The molecule has 0 bridgehead atoms. The van der Waals surface area contributed by atoms with E-state index in [2.05, 4.69) is 60.3 Å². The number of rotatable bonds is 6. The van der Waals surface area contributed by atoms with Gasteiger partial charge in [0, 0.05) is 46.7 Å². The molecule has 300 valence electrons. The number of nitrogens with one attached hydrogen (secondary N) is 2. The summed E-state index contributed by atoms with van der Waals surface area (Å²) in [4.78, 5) is 73.5. The lowest BCUT2D eigenvalue weighted by Gasteiger charge is -2.37. The molecule has 0 radical (unpaired) electrons. The summed E-state index contributed by atoms with van der Waals surface area (Å²) in [6.07, 6.45) is 12.0. The predicted octanol–water partition coefficient (Wildman–Crippen LogP) is 7.10. The van der Waals surface area contributed by atoms with Crippen LogP contribution < -0.4 is 16.2 Å². The van der Waals surface area contributed by atoms with E-state index in [1.807, 2.05) is 18.2 Å². The molecule has 2 N–H and O–H groups in total. The minimum atomic E-state index is -0.690. The summed E-state index contributed by atoms with van der Waals surface area (Å²) in [5, 5.41) is 6.14. The summed E-state index contributed by atoms with van der Waals surface area (Å²) in [5.41, 5.74) is 6.36. The van der Waals surface area contributed by atoms with Gasteiger partial charge in [0.05, 0.1) is 22.0 Å². The third-order valence-corrected chi connectivity index (χ3v) is 15.1. The molecule has 3 aromatic carbocycles. The van der Waals surface area contributed by atoms with Crippen LogP contribution in [0.4, 0.5) is 5.69 Å². The second kappa shape index (κ2) is 14.9. The summed E-state index contributed by atoms with van der Waals surface area (Å²) in [7, 11) is 0. The van der Waals surface area contributed by atoms with E-state index in [0.717, 1.165) is 105 Å². The van der Waals surface area contributed by atoms with Gasteiger partial charge in [0.15, 0.2) is 0 Å². The number of likely N-dealkylation sites (tertiary alicyclic amines) is 1. The molecule has 58 heavy (non-hydrogen) atoms. The Balaban J connectivity index is 0.762. The van der Waals surface area contributed by atoms with Crippen molar-refractivity contribution >= 4 is 56.1 Å². The van der Waals surface area contributed by atoms with Crippen LogP contribution in [0.1, 0.15) is 122 Å². The van der Waals surface area contributed by atoms with E-state index in [4.69, 9.17) is 4.98 Å². The van der Waals surface area contributed by atoms with E-state index in [1.54, 1.807) is 12.1 Å². The van der Waals surface area contributed by atoms with Gasteiger partial charge < -0.3 is 15.1 Å². The van der Waals surface area contributed by atoms with Crippen molar-refractivity contribution in [2.45, 2.75) is 107 Å². The van der Waals surface area contributed by atoms with Gasteiger partial charge in [0.1, 0.15) is 11.9 Å². The first kappa shape index (κ1) is 37.6. The fourth-order valence-electron chi connectivity index (χ4n) is 11.3. The standard InChI is InChI=1S/C46H49BrN6O5/c47-34-7-5-9-36-40(34)43(57)50-45-46(20-2-1-3-21-46)33-15-14-30(24-38(33)53(36)45)28-18-22-51(23-19-28)25-27-10-12-29(13-11-27)41(55)48-35-8-4-6-31-32(35)26-52(44(31)58)37-16-17-39(54)49-42(37)56/h4-9,14-15,24,27-29,37H,1-3,10-13,16-23,25-26H2,(H,48,55)(H,49,54,56). The molecule has 11 nitrogen and oxygen atoms in total. The number of benzene rings is 3. The second-order valence-corrected chi connectivity index (χ2v) is 18.5. The maximum atomic E-state index is 13.6. The molecule has 1 atom stereocenters. The molecular weight excluding hydrogens is 796 g/mol. The maximum Gasteiger partial charge on any atom is 0.281 e. The Morgan fingerprint density at radius 3 is 2.45 bits per heavy atom. The highest BCUT2D eigenvalue weighted by molar-refractivity contribution is 9.10. The predicted molar refractivity (Wildman–Crippen MR) is 224 cm³/mol. The van der Waals surface area contributed by atoms with Crippen LogP contribution >= 0.6 is 15.9 Å². The minimum absolute atomic E-state index is 0.00556. The zero-order valence-corrected chi connectivity index (χ0v) is 34.3. The van der Waals surface area contributed by atoms with Gasteiger partial charge in [0.25, 0.3) is 11.5 Å². The van der Waals surface area contributed by atoms with Gasteiger partial charge in [-0.05, 0) is 140 Å². The van der Waals surface area contributed by atoms with Crippen LogP contribution in [0.2, 0.25) is 0 Å². The quantitative estimate of drug-likeness (QED) is 0.198. The number of carbonyl (C=O) groups is 4. The normalized spacial score (nSPS) is 24.5. The molecule has 4 amide bonds. The fourth-order valence-corrected chi connectivity index (χ4v) is 11.8. The zero-order valence-electron chi connectivity index (χ0n) is 32.7. The SMILES string of the molecule is O=C1CCC(N2Cc3c(NC(=O)C4CCC(CN5CCC(c6ccc7c(c6)-n6c(nc(=O)c8c(Br)cccc86)C76CCCCC6)CC5)CC4)cccc3C2=O)C(=O)N1. The molecule has 1 unspecified atom stereocenters. The Kier molecular flexibility index (Phi) is 9.62. The summed E-state index contributed by atoms with van der Waals surface area (Å²) in [6, 6.07) is 17.8. The monoisotopic (exact) mass is 844 g/mol. The first-order valence-corrected chi connectivity index (χ1v) is 22.1. The first-order chi connectivity index (χ1) is 28.2. The Morgan fingerprint density at radius 1 is 0.897 bits per heavy atom. The maximum absolute atomic E-state index is 13.6. The summed E-state index contributed by atoms with van der Waals surface area (Å²) in [6.45, 7) is 3.41. The van der Waals surface area contributed by atoms with Gasteiger partial charge in [0.2, 0.25) is 17.7 Å². The highest BCUT2D eigenvalue weighted by Crippen LogP contribution is 2.52. The van der Waals surface area contributed by atoms with Gasteiger partial charge >= 0.3 is 0 Å². The molecule has 4 aliphatic heterocycles. The number of halogens is 1. The van der Waals surface area contributed by atoms with Gasteiger partial charge in [-0.15, -0.1) is 0 Å². The van der Waals surface area contributed by atoms with E-state index in [9.17, 15) is 24.0 Å². The highest BCUT2D eigenvalue weighted by Gasteiger charge is 2.47. The zero-order chi connectivity index (χ0) is 39.7. The summed E-state index contributed by atoms with van der Waals surface area (Å²) < 4.78 is 3.10. The molecule has 1 spiro atoms. The van der Waals surface area contributed by atoms with Gasteiger partial charge in [-0.25, -0.2) is 0 Å². The van der Waals surface area contributed by atoms with Crippen LogP contribution in [0.15, 0.2) is 63.9 Å². The smallest absolute Gasteiger partial charge is 0.281 e. The minimum Gasteiger partial charge on any atom is -0.326 e. The third kappa shape index (κ3) is 6.33. The highest BCUT2D eigenvalue weighted by atomic mass is 79.9. The van der Waals surface area contributed by atoms with Crippen LogP contribution in [0.5, 0.6) is 0 Å². The van der Waals surface area contributed by atoms with Crippen molar-refractivity contribution in [2.24, 2.45) is 11.8 Å². The Hall–Kier alpha value is -4.68. The van der Waals surface area contributed by atoms with Gasteiger partial charge in [-0.2, -0.15) is 4.98 Å². The molecule has 5 heterocycles. The molecule has 2 saturated carbocycles. The lowest BCUT2D eigenvalue weighted by molar-refractivity contribution is -0.137. The summed E-state index contributed by atoms with van der Waals surface area (Å²) >= 11 is 3.65. The molecular formula is C46H49BrN6O5. The number of carbonyl (C=O) groups excluding carboxylic acids is 4. The van der Waals surface area contributed by atoms with E-state index in [0.29, 0.717) is 34.9 Å². The molecule has 10 rings (SSSR count). The molecule has 1 aromatic heterocycles. The average molecular weight is 846 g/mol. The van der Waals surface area contributed by atoms with Crippen LogP contribution in [0.25, 0.3) is 16.6 Å². The Bertz CT molecular complexity index is 2420. The van der Waals surface area contributed by atoms with Crippen molar-refractivity contribution in [3.63, 3.8) is 0 Å². The number of amides is 4. The Morgan fingerprint density at radius 2 is 1.67 bits per heavy atom. The Labute approximate surface area is 346 Å². The summed E-state index contributed by atoms with van der Waals surface area (Å²) in [5.74, 6) is 0.882. The number of nitrogens with zero attached hydrogens (tertiary/aromatic N) is 4. The number of hydrogen-bond acceptors (Lipinski definition) is 7. The van der Waals surface area contributed by atoms with Crippen LogP contribution in [-0.4, -0.2) is 68.7 Å². The van der Waals surface area contributed by atoms with Crippen molar-refractivity contribution in [3.05, 3.63) is 97.5 Å². The lowest BCUT2D eigenvalue weighted by atomic mass is 9.69. The number of piperidine rings is 2. The van der Waals surface area contributed by atoms with Gasteiger partial charge in [-0.1, -0.05) is 43.5 Å². The van der Waals surface area contributed by atoms with Crippen molar-refractivity contribution in [3.8, 4) is 5.69 Å². The van der Waals surface area contributed by atoms with Crippen molar-refractivity contribution in [1.82, 2.24) is 24.7 Å². The molecule has 6 aliphatic rings. The van der Waals surface area contributed by atoms with E-state index < -0.39 is 11.9 Å². The molecule has 12 heteroatoms.